The third-order valence-corrected chi connectivity index (χ3v) is 2.23. The molecule has 0 fully saturated rings. The summed E-state index contributed by atoms with van der Waals surface area (Å²) < 4.78 is 0. The lowest BCUT2D eigenvalue weighted by Gasteiger charge is -2.09. The van der Waals surface area contributed by atoms with Gasteiger partial charge in [-0.05, 0) is 24.5 Å². The van der Waals surface area contributed by atoms with Crippen molar-refractivity contribution >= 4 is 11.8 Å². The van der Waals surface area contributed by atoms with Crippen LogP contribution in [-0.2, 0) is 6.42 Å². The summed E-state index contributed by atoms with van der Waals surface area (Å²) in [4.78, 5) is 14.7. The second kappa shape index (κ2) is 4.09. The van der Waals surface area contributed by atoms with E-state index in [1.54, 1.807) is 6.92 Å². The number of rotatable bonds is 3. The molecule has 3 N–H and O–H groups in total. The van der Waals surface area contributed by atoms with Crippen LogP contribution in [0.5, 0.6) is 0 Å². The predicted octanol–water partition coefficient (Wildman–Crippen LogP) is 1.62. The SMILES string of the molecule is CCCc1c(N)ncc(C(=O)O)c1C. The fourth-order valence-electron chi connectivity index (χ4n) is 1.44. The van der Waals surface area contributed by atoms with Gasteiger partial charge in [0.1, 0.15) is 5.82 Å². The molecule has 0 aliphatic heterocycles. The van der Waals surface area contributed by atoms with Gasteiger partial charge in [-0.25, -0.2) is 9.78 Å². The summed E-state index contributed by atoms with van der Waals surface area (Å²) >= 11 is 0. The van der Waals surface area contributed by atoms with E-state index < -0.39 is 5.97 Å². The Kier molecular flexibility index (Phi) is 3.06. The van der Waals surface area contributed by atoms with E-state index in [0.717, 1.165) is 24.0 Å². The van der Waals surface area contributed by atoms with Crippen molar-refractivity contribution in [1.29, 1.82) is 0 Å². The first-order valence-corrected chi connectivity index (χ1v) is 4.55. The zero-order valence-electron chi connectivity index (χ0n) is 8.37. The Balaban J connectivity index is 3.26. The first-order chi connectivity index (χ1) is 6.57. The predicted molar refractivity (Wildman–Crippen MR) is 54.3 cm³/mol. The molecule has 0 unspecified atom stereocenters. The fraction of sp³-hybridized carbons (Fsp3) is 0.400. The number of carboxylic acid groups (broad SMARTS) is 1. The van der Waals surface area contributed by atoms with E-state index in [1.165, 1.54) is 6.20 Å². The lowest BCUT2D eigenvalue weighted by atomic mass is 10.0. The third kappa shape index (κ3) is 1.84. The van der Waals surface area contributed by atoms with Crippen LogP contribution in [0.25, 0.3) is 0 Å². The fourth-order valence-corrected chi connectivity index (χ4v) is 1.44. The lowest BCUT2D eigenvalue weighted by molar-refractivity contribution is 0.0695. The molecule has 0 aliphatic rings. The van der Waals surface area contributed by atoms with Gasteiger partial charge in [-0.15, -0.1) is 0 Å². The zero-order valence-corrected chi connectivity index (χ0v) is 8.37. The van der Waals surface area contributed by atoms with Gasteiger partial charge in [0.05, 0.1) is 5.56 Å². The Morgan fingerprint density at radius 1 is 1.64 bits per heavy atom. The highest BCUT2D eigenvalue weighted by Gasteiger charge is 2.13. The topological polar surface area (TPSA) is 76.2 Å². The number of anilines is 1. The standard InChI is InChI=1S/C10H14N2O2/c1-3-4-7-6(2)8(10(13)14)5-12-9(7)11/h5H,3-4H2,1-2H3,(H2,11,12)(H,13,14). The van der Waals surface area contributed by atoms with Crippen molar-refractivity contribution in [3.63, 3.8) is 0 Å². The molecule has 76 valence electrons. The summed E-state index contributed by atoms with van der Waals surface area (Å²) in [6, 6.07) is 0. The van der Waals surface area contributed by atoms with Gasteiger partial charge in [0, 0.05) is 6.20 Å². The van der Waals surface area contributed by atoms with E-state index in [9.17, 15) is 4.79 Å². The number of nitrogen functional groups attached to an aromatic ring is 1. The monoisotopic (exact) mass is 194 g/mol. The Labute approximate surface area is 82.8 Å². The van der Waals surface area contributed by atoms with Gasteiger partial charge in [-0.2, -0.15) is 0 Å². The average molecular weight is 194 g/mol. The minimum atomic E-state index is -0.952. The van der Waals surface area contributed by atoms with E-state index in [4.69, 9.17) is 10.8 Å². The van der Waals surface area contributed by atoms with Gasteiger partial charge >= 0.3 is 5.97 Å². The molecule has 1 aromatic heterocycles. The Bertz CT molecular complexity index is 361. The number of carboxylic acids is 1. The molecule has 0 radical (unpaired) electrons. The number of nitrogens with two attached hydrogens (primary N) is 1. The summed E-state index contributed by atoms with van der Waals surface area (Å²) in [5, 5.41) is 8.87. The molecular formula is C10H14N2O2. The second-order valence-corrected chi connectivity index (χ2v) is 3.22. The van der Waals surface area contributed by atoms with Crippen molar-refractivity contribution in [3.8, 4) is 0 Å². The van der Waals surface area contributed by atoms with Crippen LogP contribution in [0.1, 0.15) is 34.8 Å². The van der Waals surface area contributed by atoms with Crippen LogP contribution in [0.15, 0.2) is 6.20 Å². The Hall–Kier alpha value is -1.58. The molecule has 1 heterocycles. The van der Waals surface area contributed by atoms with Gasteiger partial charge in [-0.1, -0.05) is 13.3 Å². The molecule has 0 aliphatic carbocycles. The minimum absolute atomic E-state index is 0.239. The number of hydrogen-bond donors (Lipinski definition) is 2. The first-order valence-electron chi connectivity index (χ1n) is 4.55. The van der Waals surface area contributed by atoms with Crippen LogP contribution in [0.3, 0.4) is 0 Å². The van der Waals surface area contributed by atoms with Gasteiger partial charge in [0.25, 0.3) is 0 Å². The highest BCUT2D eigenvalue weighted by atomic mass is 16.4. The van der Waals surface area contributed by atoms with Gasteiger partial charge in [0.15, 0.2) is 0 Å². The quantitative estimate of drug-likeness (QED) is 0.766. The normalized spacial score (nSPS) is 10.1. The van der Waals surface area contributed by atoms with Crippen LogP contribution in [-0.4, -0.2) is 16.1 Å². The van der Waals surface area contributed by atoms with Crippen molar-refractivity contribution < 1.29 is 9.90 Å². The maximum Gasteiger partial charge on any atom is 0.337 e. The third-order valence-electron chi connectivity index (χ3n) is 2.23. The number of hydrogen-bond acceptors (Lipinski definition) is 3. The van der Waals surface area contributed by atoms with Crippen molar-refractivity contribution in [1.82, 2.24) is 4.98 Å². The molecule has 14 heavy (non-hydrogen) atoms. The Morgan fingerprint density at radius 2 is 2.29 bits per heavy atom. The first kappa shape index (κ1) is 10.5. The summed E-state index contributed by atoms with van der Waals surface area (Å²) in [7, 11) is 0. The van der Waals surface area contributed by atoms with Crippen molar-refractivity contribution in [2.24, 2.45) is 0 Å². The minimum Gasteiger partial charge on any atom is -0.478 e. The largest absolute Gasteiger partial charge is 0.478 e. The Morgan fingerprint density at radius 3 is 2.79 bits per heavy atom. The van der Waals surface area contributed by atoms with E-state index >= 15 is 0 Å². The number of pyridine rings is 1. The van der Waals surface area contributed by atoms with Crippen molar-refractivity contribution in [2.75, 3.05) is 5.73 Å². The smallest absolute Gasteiger partial charge is 0.337 e. The molecule has 0 bridgehead atoms. The molecule has 0 amide bonds. The maximum atomic E-state index is 10.8. The van der Waals surface area contributed by atoms with Crippen LogP contribution in [0.4, 0.5) is 5.82 Å². The number of nitrogens with zero attached hydrogens (tertiary/aromatic N) is 1. The van der Waals surface area contributed by atoms with Crippen LogP contribution < -0.4 is 5.73 Å². The number of carbonyl (C=O) groups is 1. The van der Waals surface area contributed by atoms with Gasteiger partial charge in [-0.3, -0.25) is 0 Å². The molecule has 0 saturated carbocycles. The molecule has 1 aromatic rings. The highest BCUT2D eigenvalue weighted by molar-refractivity contribution is 5.89. The van der Waals surface area contributed by atoms with Crippen LogP contribution in [0, 0.1) is 6.92 Å². The number of aromatic carboxylic acids is 1. The van der Waals surface area contributed by atoms with Gasteiger partial charge < -0.3 is 10.8 Å². The average Bonchev–Trinajstić information content (AvgIpc) is 2.11. The lowest BCUT2D eigenvalue weighted by Crippen LogP contribution is -2.07. The summed E-state index contributed by atoms with van der Waals surface area (Å²) in [5.74, 6) is -0.512. The molecule has 0 saturated heterocycles. The zero-order chi connectivity index (χ0) is 10.7. The van der Waals surface area contributed by atoms with Crippen LogP contribution >= 0.6 is 0 Å². The molecule has 0 spiro atoms. The summed E-state index contributed by atoms with van der Waals surface area (Å²) in [5.41, 5.74) is 7.49. The van der Waals surface area contributed by atoms with E-state index in [2.05, 4.69) is 4.98 Å². The number of aromatic nitrogens is 1. The van der Waals surface area contributed by atoms with E-state index in [-0.39, 0.29) is 5.56 Å². The molecule has 4 nitrogen and oxygen atoms in total. The highest BCUT2D eigenvalue weighted by Crippen LogP contribution is 2.19. The second-order valence-electron chi connectivity index (χ2n) is 3.22. The van der Waals surface area contributed by atoms with Crippen LogP contribution in [0.2, 0.25) is 0 Å². The summed E-state index contributed by atoms with van der Waals surface area (Å²) in [6.45, 7) is 3.79. The van der Waals surface area contributed by atoms with Gasteiger partial charge in [0.2, 0.25) is 0 Å². The molecule has 4 heteroatoms. The molecule has 0 aromatic carbocycles. The van der Waals surface area contributed by atoms with E-state index in [0.29, 0.717) is 5.82 Å². The molecular weight excluding hydrogens is 180 g/mol. The van der Waals surface area contributed by atoms with Crippen molar-refractivity contribution in [2.45, 2.75) is 26.7 Å². The summed E-state index contributed by atoms with van der Waals surface area (Å²) in [6.07, 6.45) is 3.01. The molecule has 0 atom stereocenters. The van der Waals surface area contributed by atoms with Crippen molar-refractivity contribution in [3.05, 3.63) is 22.9 Å². The van der Waals surface area contributed by atoms with E-state index in [1.807, 2.05) is 6.92 Å². The maximum absolute atomic E-state index is 10.8. The molecule has 1 rings (SSSR count).